The third-order valence-electron chi connectivity index (χ3n) is 3.07. The monoisotopic (exact) mass is 293 g/mol. The molecule has 1 aliphatic heterocycles. The van der Waals surface area contributed by atoms with E-state index in [1.165, 1.54) is 0 Å². The van der Waals surface area contributed by atoms with Gasteiger partial charge in [-0.25, -0.2) is 9.88 Å². The van der Waals surface area contributed by atoms with E-state index >= 15 is 0 Å². The van der Waals surface area contributed by atoms with Crippen LogP contribution < -0.4 is 10.7 Å². The maximum absolute atomic E-state index is 11.0. The SMILES string of the molecule is CCC[C@H]1Nn2c(nnc2-c2cccc([NH+]([O-])O)c2)S1. The average molecular weight is 293 g/mol. The van der Waals surface area contributed by atoms with Crippen LogP contribution in [-0.2, 0) is 0 Å². The van der Waals surface area contributed by atoms with Crippen LogP contribution >= 0.6 is 11.8 Å². The Hall–Kier alpha value is -1.61. The van der Waals surface area contributed by atoms with Gasteiger partial charge in [-0.1, -0.05) is 37.2 Å². The quantitative estimate of drug-likeness (QED) is 0.732. The molecule has 1 aromatic heterocycles. The third-order valence-corrected chi connectivity index (χ3v) is 4.17. The number of hydrogen-bond donors (Lipinski definition) is 3. The van der Waals surface area contributed by atoms with E-state index in [-0.39, 0.29) is 5.69 Å². The topological polar surface area (TPSA) is 90.5 Å². The highest BCUT2D eigenvalue weighted by molar-refractivity contribution is 8.00. The minimum Gasteiger partial charge on any atom is -0.595 e. The highest BCUT2D eigenvalue weighted by Gasteiger charge is 2.26. The van der Waals surface area contributed by atoms with E-state index in [9.17, 15) is 5.21 Å². The molecule has 2 atom stereocenters. The highest BCUT2D eigenvalue weighted by atomic mass is 32.2. The van der Waals surface area contributed by atoms with Crippen LogP contribution in [0.3, 0.4) is 0 Å². The fraction of sp³-hybridized carbons (Fsp3) is 0.333. The fourth-order valence-electron chi connectivity index (χ4n) is 2.12. The molecule has 0 bridgehead atoms. The molecule has 0 saturated heterocycles. The number of fused-ring (bicyclic) bond motifs is 1. The summed E-state index contributed by atoms with van der Waals surface area (Å²) in [4.78, 5) is 0. The molecule has 0 radical (unpaired) electrons. The summed E-state index contributed by atoms with van der Waals surface area (Å²) in [7, 11) is 0. The first-order valence-electron chi connectivity index (χ1n) is 6.41. The van der Waals surface area contributed by atoms with Gasteiger partial charge in [0.15, 0.2) is 11.5 Å². The highest BCUT2D eigenvalue weighted by Crippen LogP contribution is 2.33. The van der Waals surface area contributed by atoms with E-state index in [2.05, 4.69) is 22.5 Å². The van der Waals surface area contributed by atoms with Gasteiger partial charge in [-0.2, -0.15) is 5.23 Å². The van der Waals surface area contributed by atoms with Gasteiger partial charge < -0.3 is 10.6 Å². The summed E-state index contributed by atoms with van der Waals surface area (Å²) in [6, 6.07) is 6.73. The minimum atomic E-state index is -0.945. The lowest BCUT2D eigenvalue weighted by Crippen LogP contribution is -2.99. The van der Waals surface area contributed by atoms with E-state index < -0.39 is 5.23 Å². The second-order valence-electron chi connectivity index (χ2n) is 4.55. The predicted octanol–water partition coefficient (Wildman–Crippen LogP) is 1.12. The zero-order valence-electron chi connectivity index (χ0n) is 10.9. The summed E-state index contributed by atoms with van der Waals surface area (Å²) in [5.74, 6) is 0.647. The third kappa shape index (κ3) is 2.38. The number of hydrogen-bond acceptors (Lipinski definition) is 6. The van der Waals surface area contributed by atoms with Gasteiger partial charge in [-0.15, -0.1) is 10.2 Å². The molecule has 1 aromatic carbocycles. The standard InChI is InChI=1S/C12H15N5O2S/c1-2-4-10-15-16-11(13-14-12(16)20-10)8-5-3-6-9(7-8)17(18)19/h3,5-7,10,15,17-18H,2,4H2,1H3/t10-/m0/s1. The van der Waals surface area contributed by atoms with E-state index in [0.717, 1.165) is 23.6 Å². The van der Waals surface area contributed by atoms with E-state index in [1.54, 1.807) is 30.0 Å². The molecule has 7 nitrogen and oxygen atoms in total. The molecule has 0 aliphatic carbocycles. The lowest BCUT2D eigenvalue weighted by molar-refractivity contribution is -0.991. The van der Waals surface area contributed by atoms with Crippen molar-refractivity contribution in [2.24, 2.45) is 0 Å². The van der Waals surface area contributed by atoms with Gasteiger partial charge in [0.2, 0.25) is 5.16 Å². The normalized spacial score (nSPS) is 18.6. The minimum absolute atomic E-state index is 0.246. The molecule has 2 aromatic rings. The number of rotatable bonds is 4. The van der Waals surface area contributed by atoms with Gasteiger partial charge in [-0.3, -0.25) is 0 Å². The Balaban J connectivity index is 1.92. The second kappa shape index (κ2) is 5.41. The molecule has 20 heavy (non-hydrogen) atoms. The Kier molecular flexibility index (Phi) is 3.62. The van der Waals surface area contributed by atoms with Crippen molar-refractivity contribution in [3.05, 3.63) is 29.5 Å². The van der Waals surface area contributed by atoms with Gasteiger partial charge in [-0.05, 0) is 6.42 Å². The van der Waals surface area contributed by atoms with Crippen LogP contribution in [0.5, 0.6) is 0 Å². The number of aromatic nitrogens is 3. The van der Waals surface area contributed by atoms with E-state index in [1.807, 2.05) is 10.7 Å². The smallest absolute Gasteiger partial charge is 0.212 e. The summed E-state index contributed by atoms with van der Waals surface area (Å²) in [5, 5.41) is 28.5. The van der Waals surface area contributed by atoms with Gasteiger partial charge in [0.1, 0.15) is 0 Å². The molecular formula is C12H15N5O2S. The Morgan fingerprint density at radius 2 is 2.35 bits per heavy atom. The average Bonchev–Trinajstić information content (AvgIpc) is 2.99. The molecule has 0 saturated carbocycles. The van der Waals surface area contributed by atoms with Gasteiger partial charge >= 0.3 is 0 Å². The van der Waals surface area contributed by atoms with Crippen LogP contribution in [0.4, 0.5) is 5.69 Å². The van der Waals surface area contributed by atoms with E-state index in [4.69, 9.17) is 5.21 Å². The first-order chi connectivity index (χ1) is 9.69. The maximum atomic E-state index is 11.0. The molecule has 0 amide bonds. The van der Waals surface area contributed by atoms with Gasteiger partial charge in [0.25, 0.3) is 0 Å². The molecule has 0 spiro atoms. The fourth-order valence-corrected chi connectivity index (χ4v) is 3.22. The van der Waals surface area contributed by atoms with Crippen molar-refractivity contribution in [3.8, 4) is 11.4 Å². The van der Waals surface area contributed by atoms with Crippen molar-refractivity contribution in [1.29, 1.82) is 0 Å². The molecule has 1 aliphatic rings. The van der Waals surface area contributed by atoms with Crippen molar-refractivity contribution in [2.75, 3.05) is 5.43 Å². The van der Waals surface area contributed by atoms with Crippen molar-refractivity contribution in [3.63, 3.8) is 0 Å². The Morgan fingerprint density at radius 3 is 3.10 bits per heavy atom. The summed E-state index contributed by atoms with van der Waals surface area (Å²) >= 11 is 1.65. The lowest BCUT2D eigenvalue weighted by Gasteiger charge is -2.13. The zero-order chi connectivity index (χ0) is 14.1. The first-order valence-corrected chi connectivity index (χ1v) is 7.29. The summed E-state index contributed by atoms with van der Waals surface area (Å²) in [6.07, 6.45) is 2.13. The van der Waals surface area contributed by atoms with Crippen molar-refractivity contribution in [2.45, 2.75) is 30.3 Å². The molecule has 2 heterocycles. The maximum Gasteiger partial charge on any atom is 0.212 e. The van der Waals surface area contributed by atoms with Crippen LogP contribution in [0.15, 0.2) is 29.4 Å². The second-order valence-corrected chi connectivity index (χ2v) is 5.72. The Morgan fingerprint density at radius 1 is 1.50 bits per heavy atom. The van der Waals surface area contributed by atoms with Crippen LogP contribution in [0.1, 0.15) is 19.8 Å². The summed E-state index contributed by atoms with van der Waals surface area (Å²) in [6.45, 7) is 2.14. The van der Waals surface area contributed by atoms with Crippen molar-refractivity contribution < 1.29 is 10.4 Å². The molecule has 8 heteroatoms. The molecule has 106 valence electrons. The van der Waals surface area contributed by atoms with Crippen LogP contribution in [0.2, 0.25) is 0 Å². The predicted molar refractivity (Wildman–Crippen MR) is 75.1 cm³/mol. The van der Waals surface area contributed by atoms with Gasteiger partial charge in [0, 0.05) is 17.7 Å². The summed E-state index contributed by atoms with van der Waals surface area (Å²) < 4.78 is 1.84. The molecule has 3 N–H and O–H groups in total. The molecular weight excluding hydrogens is 278 g/mol. The van der Waals surface area contributed by atoms with Crippen LogP contribution in [0.25, 0.3) is 11.4 Å². The number of thioether (sulfide) groups is 1. The first kappa shape index (κ1) is 13.4. The van der Waals surface area contributed by atoms with E-state index in [0.29, 0.717) is 11.2 Å². The number of nitrogens with one attached hydrogen (secondary N) is 2. The lowest BCUT2D eigenvalue weighted by atomic mass is 10.2. The van der Waals surface area contributed by atoms with Crippen LogP contribution in [-0.4, -0.2) is 25.5 Å². The molecule has 0 fully saturated rings. The summed E-state index contributed by atoms with van der Waals surface area (Å²) in [5.41, 5.74) is 4.33. The largest absolute Gasteiger partial charge is 0.595 e. The molecule has 3 rings (SSSR count). The van der Waals surface area contributed by atoms with Crippen molar-refractivity contribution in [1.82, 2.24) is 14.9 Å². The molecule has 1 unspecified atom stereocenters. The van der Waals surface area contributed by atoms with Gasteiger partial charge in [0.05, 0.1) is 5.37 Å². The Bertz CT molecular complexity index is 616. The number of quaternary nitrogens is 1. The van der Waals surface area contributed by atoms with Crippen molar-refractivity contribution >= 4 is 17.4 Å². The number of nitrogens with zero attached hydrogens (tertiary/aromatic N) is 3. The Labute approximate surface area is 120 Å². The number of benzene rings is 1. The zero-order valence-corrected chi connectivity index (χ0v) is 11.7. The van der Waals surface area contributed by atoms with Crippen LogP contribution in [0, 0.1) is 5.21 Å².